The second-order valence-electron chi connectivity index (χ2n) is 4.30. The Morgan fingerprint density at radius 3 is 2.76 bits per heavy atom. The van der Waals surface area contributed by atoms with Gasteiger partial charge in [-0.25, -0.2) is 0 Å². The van der Waals surface area contributed by atoms with Crippen molar-refractivity contribution in [2.24, 2.45) is 11.8 Å². The molecular weight excluding hydrogens is 227 g/mol. The number of unbranched alkanes of at least 4 members (excludes halogenated alkanes) is 2. The molecular formula is C13H21NaO3. The number of carbonyl (C=O) groups excluding carboxylic acids is 2. The third-order valence-corrected chi connectivity index (χ3v) is 3.13. The first-order valence-electron chi connectivity index (χ1n) is 5.99. The van der Waals surface area contributed by atoms with Gasteiger partial charge in [0, 0.05) is 0 Å². The van der Waals surface area contributed by atoms with Crippen LogP contribution in [-0.4, -0.2) is 48.4 Å². The van der Waals surface area contributed by atoms with Crippen molar-refractivity contribution in [3.05, 3.63) is 12.2 Å². The zero-order valence-corrected chi connectivity index (χ0v) is 10.1. The second-order valence-corrected chi connectivity index (χ2v) is 4.30. The van der Waals surface area contributed by atoms with E-state index in [-0.39, 0.29) is 47.2 Å². The van der Waals surface area contributed by atoms with Crippen LogP contribution >= 0.6 is 0 Å². The van der Waals surface area contributed by atoms with E-state index in [1.165, 1.54) is 13.2 Å². The predicted molar refractivity (Wildman–Crippen MR) is 69.1 cm³/mol. The van der Waals surface area contributed by atoms with Gasteiger partial charge in [0.25, 0.3) is 0 Å². The Bertz CT molecular complexity index is 286. The Kier molecular flexibility index (Phi) is 8.83. The van der Waals surface area contributed by atoms with E-state index in [0.29, 0.717) is 0 Å². The molecule has 0 heterocycles. The average Bonchev–Trinajstić information content (AvgIpc) is 2.29. The predicted octanol–water partition coefficient (Wildman–Crippen LogP) is 1.85. The zero-order chi connectivity index (χ0) is 12.0. The van der Waals surface area contributed by atoms with Gasteiger partial charge in [0.1, 0.15) is 5.92 Å². The first-order chi connectivity index (χ1) is 7.70. The fourth-order valence-electron chi connectivity index (χ4n) is 2.21. The molecule has 0 fully saturated rings. The van der Waals surface area contributed by atoms with E-state index in [1.807, 2.05) is 6.08 Å². The third-order valence-electron chi connectivity index (χ3n) is 3.13. The normalized spacial score (nSPS) is 23.1. The number of methoxy groups -OCH3 is 1. The molecule has 2 atom stereocenters. The summed E-state index contributed by atoms with van der Waals surface area (Å²) < 4.78 is 4.70. The van der Waals surface area contributed by atoms with Gasteiger partial charge in [0.15, 0.2) is 5.78 Å². The summed E-state index contributed by atoms with van der Waals surface area (Å²) in [6.45, 7) is 2.14. The Balaban J connectivity index is 0.00000256. The van der Waals surface area contributed by atoms with Crippen LogP contribution in [0.3, 0.4) is 0 Å². The summed E-state index contributed by atoms with van der Waals surface area (Å²) in [5.41, 5.74) is 0. The van der Waals surface area contributed by atoms with Crippen LogP contribution in [0.4, 0.5) is 0 Å². The maximum absolute atomic E-state index is 11.7. The number of carbonyl (C=O) groups is 2. The summed E-state index contributed by atoms with van der Waals surface area (Å²) in [6.07, 6.45) is 8.52. The fraction of sp³-hybridized carbons (Fsp3) is 0.692. The molecule has 1 aliphatic rings. The molecule has 0 N–H and O–H groups in total. The van der Waals surface area contributed by atoms with E-state index in [1.54, 1.807) is 0 Å². The van der Waals surface area contributed by atoms with Gasteiger partial charge in [-0.15, -0.1) is 0 Å². The minimum absolute atomic E-state index is 0. The van der Waals surface area contributed by atoms with Gasteiger partial charge in [0.2, 0.25) is 0 Å². The molecule has 17 heavy (non-hydrogen) atoms. The number of allylic oxidation sites excluding steroid dienone is 2. The van der Waals surface area contributed by atoms with Crippen molar-refractivity contribution in [2.45, 2.75) is 39.0 Å². The van der Waals surface area contributed by atoms with Gasteiger partial charge >= 0.3 is 35.5 Å². The van der Waals surface area contributed by atoms with Crippen LogP contribution < -0.4 is 0 Å². The standard InChI is InChI=1S/C13H20O3.Na.H/c1-3-4-5-7-10-8-6-9-11(14)12(10)13(15)16-2;;/h6,9-10,12H,3-5,7-8H2,1-2H3;;. The molecule has 0 aliphatic heterocycles. The van der Waals surface area contributed by atoms with E-state index in [9.17, 15) is 9.59 Å². The van der Waals surface area contributed by atoms with Crippen LogP contribution in [0.25, 0.3) is 0 Å². The van der Waals surface area contributed by atoms with Gasteiger partial charge in [-0.2, -0.15) is 0 Å². The summed E-state index contributed by atoms with van der Waals surface area (Å²) in [6, 6.07) is 0. The molecule has 4 heteroatoms. The number of rotatable bonds is 5. The molecule has 0 saturated heterocycles. The monoisotopic (exact) mass is 248 g/mol. The van der Waals surface area contributed by atoms with Crippen LogP contribution in [0, 0.1) is 11.8 Å². The van der Waals surface area contributed by atoms with Crippen LogP contribution in [0.15, 0.2) is 12.2 Å². The first-order valence-corrected chi connectivity index (χ1v) is 5.99. The van der Waals surface area contributed by atoms with Crippen molar-refractivity contribution >= 4 is 41.3 Å². The first kappa shape index (κ1) is 16.9. The van der Waals surface area contributed by atoms with Crippen molar-refractivity contribution in [1.82, 2.24) is 0 Å². The molecule has 0 radical (unpaired) electrons. The Morgan fingerprint density at radius 1 is 1.47 bits per heavy atom. The molecule has 1 rings (SSSR count). The van der Waals surface area contributed by atoms with Gasteiger partial charge in [-0.05, 0) is 24.8 Å². The summed E-state index contributed by atoms with van der Waals surface area (Å²) in [5, 5.41) is 0. The summed E-state index contributed by atoms with van der Waals surface area (Å²) in [4.78, 5) is 23.2. The second kappa shape index (κ2) is 8.90. The molecule has 3 nitrogen and oxygen atoms in total. The molecule has 0 saturated carbocycles. The molecule has 0 aromatic carbocycles. The van der Waals surface area contributed by atoms with Crippen LogP contribution in [0.5, 0.6) is 0 Å². The average molecular weight is 248 g/mol. The number of esters is 1. The summed E-state index contributed by atoms with van der Waals surface area (Å²) in [7, 11) is 1.34. The van der Waals surface area contributed by atoms with Crippen LogP contribution in [-0.2, 0) is 14.3 Å². The topological polar surface area (TPSA) is 43.4 Å². The van der Waals surface area contributed by atoms with Gasteiger partial charge in [0.05, 0.1) is 7.11 Å². The van der Waals surface area contributed by atoms with Crippen molar-refractivity contribution in [1.29, 1.82) is 0 Å². The van der Waals surface area contributed by atoms with Gasteiger partial charge in [-0.3, -0.25) is 9.59 Å². The maximum atomic E-state index is 11.7. The fourth-order valence-corrected chi connectivity index (χ4v) is 2.21. The van der Waals surface area contributed by atoms with Crippen molar-refractivity contribution in [3.63, 3.8) is 0 Å². The Morgan fingerprint density at radius 2 is 2.18 bits per heavy atom. The zero-order valence-electron chi connectivity index (χ0n) is 10.1. The Labute approximate surface area is 125 Å². The molecule has 1 aliphatic carbocycles. The van der Waals surface area contributed by atoms with E-state index in [0.717, 1.165) is 32.1 Å². The van der Waals surface area contributed by atoms with Gasteiger partial charge in [-0.1, -0.05) is 32.3 Å². The molecule has 92 valence electrons. The van der Waals surface area contributed by atoms with E-state index < -0.39 is 5.92 Å². The van der Waals surface area contributed by atoms with Crippen molar-refractivity contribution < 1.29 is 14.3 Å². The number of hydrogen-bond acceptors (Lipinski definition) is 3. The quantitative estimate of drug-likeness (QED) is 0.323. The Hall–Kier alpha value is -0.120. The van der Waals surface area contributed by atoms with Crippen molar-refractivity contribution in [2.75, 3.05) is 7.11 Å². The molecule has 0 bridgehead atoms. The molecule has 0 aromatic heterocycles. The molecule has 0 spiro atoms. The number of ether oxygens (including phenoxy) is 1. The number of hydrogen-bond donors (Lipinski definition) is 0. The van der Waals surface area contributed by atoms with E-state index >= 15 is 0 Å². The molecule has 2 unspecified atom stereocenters. The number of ketones is 1. The van der Waals surface area contributed by atoms with E-state index in [4.69, 9.17) is 4.74 Å². The SMILES string of the molecule is CCCCCC1CC=CC(=O)C1C(=O)OC.[NaH]. The van der Waals surface area contributed by atoms with Crippen molar-refractivity contribution in [3.8, 4) is 0 Å². The molecule has 0 aromatic rings. The third kappa shape index (κ3) is 4.94. The minimum atomic E-state index is -0.563. The summed E-state index contributed by atoms with van der Waals surface area (Å²) >= 11 is 0. The van der Waals surface area contributed by atoms with Crippen LogP contribution in [0.2, 0.25) is 0 Å². The van der Waals surface area contributed by atoms with E-state index in [2.05, 4.69) is 6.92 Å². The summed E-state index contributed by atoms with van der Waals surface area (Å²) in [5.74, 6) is -0.904. The van der Waals surface area contributed by atoms with Crippen LogP contribution in [0.1, 0.15) is 39.0 Å². The van der Waals surface area contributed by atoms with Gasteiger partial charge < -0.3 is 4.74 Å². The molecule has 0 amide bonds.